The lowest BCUT2D eigenvalue weighted by atomic mass is 10.3. The highest BCUT2D eigenvalue weighted by Gasteiger charge is 2.14. The van der Waals surface area contributed by atoms with Gasteiger partial charge in [-0.1, -0.05) is 0 Å². The summed E-state index contributed by atoms with van der Waals surface area (Å²) in [6.45, 7) is 3.61. The third kappa shape index (κ3) is 2.03. The minimum Gasteiger partial charge on any atom is -0.388 e. The van der Waals surface area contributed by atoms with Gasteiger partial charge in [0, 0.05) is 12.4 Å². The van der Waals surface area contributed by atoms with Crippen molar-refractivity contribution < 1.29 is 5.11 Å². The number of nitrogens with zero attached hydrogens (tertiary/aromatic N) is 3. The second-order valence-electron chi connectivity index (χ2n) is 3.22. The van der Waals surface area contributed by atoms with E-state index >= 15 is 0 Å². The molecule has 2 heterocycles. The molecule has 0 amide bonds. The fraction of sp³-hybridized carbons (Fsp3) is 0.300. The van der Waals surface area contributed by atoms with E-state index < -0.39 is 6.10 Å². The molecule has 0 spiro atoms. The van der Waals surface area contributed by atoms with E-state index in [4.69, 9.17) is 0 Å². The summed E-state index contributed by atoms with van der Waals surface area (Å²) in [4.78, 5) is 13.4. The maximum absolute atomic E-state index is 9.49. The molecule has 1 atom stereocenters. The Labute approximate surface area is 91.7 Å². The third-order valence-corrected chi connectivity index (χ3v) is 3.29. The van der Waals surface area contributed by atoms with Crippen molar-refractivity contribution in [3.05, 3.63) is 29.0 Å². The molecular weight excluding hydrogens is 210 g/mol. The molecule has 5 heteroatoms. The summed E-state index contributed by atoms with van der Waals surface area (Å²) in [6.07, 6.45) is 2.88. The van der Waals surface area contributed by atoms with Crippen LogP contribution >= 0.6 is 11.3 Å². The quantitative estimate of drug-likeness (QED) is 0.842. The highest BCUT2D eigenvalue weighted by molar-refractivity contribution is 7.15. The SMILES string of the molecule is Cc1nc(-c2ncccn2)sc1C(C)O. The van der Waals surface area contributed by atoms with Crippen LogP contribution in [0.2, 0.25) is 0 Å². The largest absolute Gasteiger partial charge is 0.388 e. The standard InChI is InChI=1S/C10H11N3OS/c1-6-8(7(2)14)15-10(13-6)9-11-4-3-5-12-9/h3-5,7,14H,1-2H3. The number of aliphatic hydroxyl groups excluding tert-OH is 1. The Morgan fingerprint density at radius 2 is 2.00 bits per heavy atom. The first-order valence-electron chi connectivity index (χ1n) is 4.61. The van der Waals surface area contributed by atoms with E-state index in [-0.39, 0.29) is 0 Å². The molecule has 0 aliphatic rings. The molecule has 0 aliphatic carbocycles. The van der Waals surface area contributed by atoms with E-state index in [1.54, 1.807) is 25.4 Å². The van der Waals surface area contributed by atoms with E-state index in [0.717, 1.165) is 15.6 Å². The Balaban J connectivity index is 2.43. The average molecular weight is 221 g/mol. The monoisotopic (exact) mass is 221 g/mol. The summed E-state index contributed by atoms with van der Waals surface area (Å²) < 4.78 is 0. The minimum absolute atomic E-state index is 0.486. The van der Waals surface area contributed by atoms with E-state index in [0.29, 0.717) is 5.82 Å². The minimum atomic E-state index is -0.486. The summed E-state index contributed by atoms with van der Waals surface area (Å²) in [5.74, 6) is 0.609. The summed E-state index contributed by atoms with van der Waals surface area (Å²) in [6, 6.07) is 1.76. The first-order chi connectivity index (χ1) is 7.18. The predicted octanol–water partition coefficient (Wildman–Crippen LogP) is 1.96. The zero-order chi connectivity index (χ0) is 10.8. The smallest absolute Gasteiger partial charge is 0.188 e. The number of hydrogen-bond acceptors (Lipinski definition) is 5. The second kappa shape index (κ2) is 4.04. The van der Waals surface area contributed by atoms with Crippen LogP contribution in [0.5, 0.6) is 0 Å². The molecule has 78 valence electrons. The Bertz CT molecular complexity index is 453. The van der Waals surface area contributed by atoms with Crippen LogP contribution in [-0.2, 0) is 0 Å². The van der Waals surface area contributed by atoms with Gasteiger partial charge in [-0.2, -0.15) is 0 Å². The summed E-state index contributed by atoms with van der Waals surface area (Å²) in [5.41, 5.74) is 0.845. The first kappa shape index (κ1) is 10.2. The third-order valence-electron chi connectivity index (χ3n) is 1.97. The molecule has 0 aliphatic heterocycles. The van der Waals surface area contributed by atoms with Crippen LogP contribution in [-0.4, -0.2) is 20.1 Å². The molecule has 2 aromatic rings. The van der Waals surface area contributed by atoms with E-state index in [2.05, 4.69) is 15.0 Å². The van der Waals surface area contributed by atoms with Gasteiger partial charge in [0.1, 0.15) is 0 Å². The van der Waals surface area contributed by atoms with Crippen molar-refractivity contribution >= 4 is 11.3 Å². The molecule has 0 radical (unpaired) electrons. The van der Waals surface area contributed by atoms with Gasteiger partial charge in [-0.15, -0.1) is 11.3 Å². The number of rotatable bonds is 2. The van der Waals surface area contributed by atoms with Crippen LogP contribution in [0.3, 0.4) is 0 Å². The Hall–Kier alpha value is -1.33. The van der Waals surface area contributed by atoms with Gasteiger partial charge < -0.3 is 5.11 Å². The molecule has 0 fully saturated rings. The zero-order valence-corrected chi connectivity index (χ0v) is 9.32. The fourth-order valence-electron chi connectivity index (χ4n) is 1.30. The molecule has 15 heavy (non-hydrogen) atoms. The first-order valence-corrected chi connectivity index (χ1v) is 5.43. The fourth-order valence-corrected chi connectivity index (χ4v) is 2.25. The molecule has 1 unspecified atom stereocenters. The van der Waals surface area contributed by atoms with Crippen molar-refractivity contribution in [1.82, 2.24) is 15.0 Å². The van der Waals surface area contributed by atoms with Crippen molar-refractivity contribution in [2.45, 2.75) is 20.0 Å². The topological polar surface area (TPSA) is 58.9 Å². The Kier molecular flexibility index (Phi) is 2.75. The predicted molar refractivity (Wildman–Crippen MR) is 58.5 cm³/mol. The summed E-state index contributed by atoms with van der Waals surface area (Å²) in [7, 11) is 0. The lowest BCUT2D eigenvalue weighted by molar-refractivity contribution is 0.202. The van der Waals surface area contributed by atoms with Crippen LogP contribution in [0.4, 0.5) is 0 Å². The Morgan fingerprint density at radius 1 is 1.33 bits per heavy atom. The molecule has 4 nitrogen and oxygen atoms in total. The van der Waals surface area contributed by atoms with Crippen molar-refractivity contribution in [2.75, 3.05) is 0 Å². The maximum atomic E-state index is 9.49. The van der Waals surface area contributed by atoms with Crippen molar-refractivity contribution in [3.8, 4) is 10.8 Å². The number of thiazole rings is 1. The number of hydrogen-bond donors (Lipinski definition) is 1. The van der Waals surface area contributed by atoms with E-state index in [1.807, 2.05) is 6.92 Å². The van der Waals surface area contributed by atoms with Crippen molar-refractivity contribution in [3.63, 3.8) is 0 Å². The number of aliphatic hydroxyl groups is 1. The molecule has 0 saturated heterocycles. The molecule has 2 aromatic heterocycles. The molecule has 0 saturated carbocycles. The molecule has 0 bridgehead atoms. The van der Waals surface area contributed by atoms with Crippen LogP contribution in [0.1, 0.15) is 23.6 Å². The van der Waals surface area contributed by atoms with Gasteiger partial charge in [0.05, 0.1) is 16.7 Å². The molecule has 0 aromatic carbocycles. The van der Waals surface area contributed by atoms with Gasteiger partial charge >= 0.3 is 0 Å². The van der Waals surface area contributed by atoms with E-state index in [1.165, 1.54) is 11.3 Å². The highest BCUT2D eigenvalue weighted by atomic mass is 32.1. The van der Waals surface area contributed by atoms with E-state index in [9.17, 15) is 5.11 Å². The van der Waals surface area contributed by atoms with Gasteiger partial charge in [0.25, 0.3) is 0 Å². The van der Waals surface area contributed by atoms with Crippen LogP contribution < -0.4 is 0 Å². The highest BCUT2D eigenvalue weighted by Crippen LogP contribution is 2.29. The molecule has 1 N–H and O–H groups in total. The maximum Gasteiger partial charge on any atom is 0.188 e. The molecule has 2 rings (SSSR count). The van der Waals surface area contributed by atoms with Crippen molar-refractivity contribution in [2.24, 2.45) is 0 Å². The Morgan fingerprint density at radius 3 is 2.53 bits per heavy atom. The summed E-state index contributed by atoms with van der Waals surface area (Å²) in [5, 5.41) is 10.2. The van der Waals surface area contributed by atoms with Gasteiger partial charge in [0.2, 0.25) is 0 Å². The average Bonchev–Trinajstić information content (AvgIpc) is 2.62. The van der Waals surface area contributed by atoms with Crippen LogP contribution in [0.15, 0.2) is 18.5 Å². The number of aryl methyl sites for hydroxylation is 1. The van der Waals surface area contributed by atoms with Crippen molar-refractivity contribution in [1.29, 1.82) is 0 Å². The zero-order valence-electron chi connectivity index (χ0n) is 8.51. The normalized spacial score (nSPS) is 12.7. The number of aromatic nitrogens is 3. The lowest BCUT2D eigenvalue weighted by Gasteiger charge is -1.98. The van der Waals surface area contributed by atoms with Gasteiger partial charge in [-0.25, -0.2) is 15.0 Å². The van der Waals surface area contributed by atoms with Crippen LogP contribution in [0.25, 0.3) is 10.8 Å². The second-order valence-corrected chi connectivity index (χ2v) is 4.25. The molecular formula is C10H11N3OS. The van der Waals surface area contributed by atoms with Gasteiger partial charge in [-0.3, -0.25) is 0 Å². The lowest BCUT2D eigenvalue weighted by Crippen LogP contribution is -1.88. The van der Waals surface area contributed by atoms with Crippen LogP contribution in [0, 0.1) is 6.92 Å². The van der Waals surface area contributed by atoms with Gasteiger partial charge in [0.15, 0.2) is 10.8 Å². The van der Waals surface area contributed by atoms with Gasteiger partial charge in [-0.05, 0) is 19.9 Å². The summed E-state index contributed by atoms with van der Waals surface area (Å²) >= 11 is 1.43.